The van der Waals surface area contributed by atoms with Crippen molar-refractivity contribution in [3.05, 3.63) is 35.9 Å². The third-order valence-electron chi connectivity index (χ3n) is 3.65. The molecule has 0 aromatic heterocycles. The lowest BCUT2D eigenvalue weighted by Gasteiger charge is -2.19. The second-order valence-electron chi connectivity index (χ2n) is 5.55. The quantitative estimate of drug-likeness (QED) is 0.751. The average molecular weight is 292 g/mol. The van der Waals surface area contributed by atoms with Gasteiger partial charge in [-0.05, 0) is 31.7 Å². The van der Waals surface area contributed by atoms with Crippen molar-refractivity contribution in [2.24, 2.45) is 0 Å². The van der Waals surface area contributed by atoms with E-state index in [1.807, 2.05) is 37.3 Å². The van der Waals surface area contributed by atoms with Gasteiger partial charge in [0.05, 0.1) is 12.2 Å². The molecule has 1 aliphatic rings. The summed E-state index contributed by atoms with van der Waals surface area (Å²) in [4.78, 5) is 11.8. The van der Waals surface area contributed by atoms with E-state index in [0.29, 0.717) is 13.0 Å². The molecule has 2 amide bonds. The molecule has 3 N–H and O–H groups in total. The molecule has 1 heterocycles. The van der Waals surface area contributed by atoms with Crippen LogP contribution in [-0.2, 0) is 4.74 Å². The predicted octanol–water partition coefficient (Wildman–Crippen LogP) is 1.98. The average Bonchev–Trinajstić information content (AvgIpc) is 2.99. The molecule has 0 bridgehead atoms. The highest BCUT2D eigenvalue weighted by Crippen LogP contribution is 2.17. The number of aliphatic hydroxyl groups is 1. The summed E-state index contributed by atoms with van der Waals surface area (Å²) in [5, 5.41) is 15.8. The van der Waals surface area contributed by atoms with Gasteiger partial charge in [-0.15, -0.1) is 0 Å². The summed E-state index contributed by atoms with van der Waals surface area (Å²) in [7, 11) is 0. The molecule has 1 aromatic rings. The normalized spacial score (nSPS) is 20.8. The Bertz CT molecular complexity index is 432. The van der Waals surface area contributed by atoms with Crippen molar-refractivity contribution in [1.82, 2.24) is 10.6 Å². The number of carbonyl (C=O) groups excluding carboxylic acids is 1. The summed E-state index contributed by atoms with van der Waals surface area (Å²) in [5.74, 6) is 0. The fraction of sp³-hybridized carbons (Fsp3) is 0.562. The topological polar surface area (TPSA) is 70.6 Å². The molecule has 0 radical (unpaired) electrons. The molecule has 0 aliphatic carbocycles. The molecule has 1 saturated heterocycles. The highest BCUT2D eigenvalue weighted by molar-refractivity contribution is 5.74. The maximum absolute atomic E-state index is 11.8. The summed E-state index contributed by atoms with van der Waals surface area (Å²) in [6.45, 7) is 3.21. The van der Waals surface area contributed by atoms with E-state index >= 15 is 0 Å². The first-order valence-corrected chi connectivity index (χ1v) is 7.54. The zero-order valence-corrected chi connectivity index (χ0v) is 12.4. The van der Waals surface area contributed by atoms with Crippen molar-refractivity contribution in [3.8, 4) is 0 Å². The van der Waals surface area contributed by atoms with Gasteiger partial charge in [0.1, 0.15) is 0 Å². The van der Waals surface area contributed by atoms with Crippen LogP contribution in [0.3, 0.4) is 0 Å². The van der Waals surface area contributed by atoms with Crippen molar-refractivity contribution in [2.75, 3.05) is 13.2 Å². The van der Waals surface area contributed by atoms with E-state index in [9.17, 15) is 9.90 Å². The Labute approximate surface area is 125 Å². The van der Waals surface area contributed by atoms with Gasteiger partial charge in [0.15, 0.2) is 0 Å². The zero-order chi connectivity index (χ0) is 15.1. The van der Waals surface area contributed by atoms with Crippen LogP contribution >= 0.6 is 0 Å². The maximum Gasteiger partial charge on any atom is 0.315 e. The summed E-state index contributed by atoms with van der Waals surface area (Å²) >= 11 is 0. The molecular formula is C16H24N2O3. The Kier molecular flexibility index (Phi) is 6.02. The minimum atomic E-state index is -0.570. The summed E-state index contributed by atoms with van der Waals surface area (Å²) in [6, 6.07) is 9.15. The highest BCUT2D eigenvalue weighted by Gasteiger charge is 2.17. The number of benzene rings is 1. The van der Waals surface area contributed by atoms with Crippen LogP contribution in [0.4, 0.5) is 4.79 Å². The molecule has 0 spiro atoms. The van der Waals surface area contributed by atoms with Gasteiger partial charge in [-0.25, -0.2) is 4.79 Å². The third-order valence-corrected chi connectivity index (χ3v) is 3.65. The molecular weight excluding hydrogens is 268 g/mol. The van der Waals surface area contributed by atoms with E-state index in [1.54, 1.807) is 0 Å². The smallest absolute Gasteiger partial charge is 0.315 e. The predicted molar refractivity (Wildman–Crippen MR) is 81.0 cm³/mol. The van der Waals surface area contributed by atoms with E-state index in [1.165, 1.54) is 0 Å². The number of nitrogens with one attached hydrogen (secondary N) is 2. The Balaban J connectivity index is 1.68. The van der Waals surface area contributed by atoms with E-state index in [4.69, 9.17) is 4.74 Å². The van der Waals surface area contributed by atoms with Gasteiger partial charge in [-0.1, -0.05) is 30.3 Å². The number of amides is 2. The van der Waals surface area contributed by atoms with Gasteiger partial charge in [-0.2, -0.15) is 0 Å². The molecule has 1 fully saturated rings. The molecule has 1 aromatic carbocycles. The molecule has 3 unspecified atom stereocenters. The fourth-order valence-electron chi connectivity index (χ4n) is 2.49. The van der Waals surface area contributed by atoms with E-state index < -0.39 is 6.10 Å². The van der Waals surface area contributed by atoms with Gasteiger partial charge in [0.2, 0.25) is 0 Å². The van der Waals surface area contributed by atoms with Crippen LogP contribution in [0.1, 0.15) is 37.9 Å². The van der Waals surface area contributed by atoms with E-state index in [0.717, 1.165) is 25.0 Å². The first kappa shape index (κ1) is 15.8. The monoisotopic (exact) mass is 292 g/mol. The SMILES string of the molecule is CC(CC(O)c1ccccc1)NC(=O)NCC1CCCO1. The Morgan fingerprint density at radius 2 is 2.19 bits per heavy atom. The lowest BCUT2D eigenvalue weighted by molar-refractivity contribution is 0.111. The first-order valence-electron chi connectivity index (χ1n) is 7.54. The number of aliphatic hydroxyl groups excluding tert-OH is 1. The largest absolute Gasteiger partial charge is 0.388 e. The second kappa shape index (κ2) is 8.00. The number of urea groups is 1. The number of carbonyl (C=O) groups is 1. The molecule has 116 valence electrons. The number of hydrogen-bond donors (Lipinski definition) is 3. The van der Waals surface area contributed by atoms with Crippen LogP contribution in [0.25, 0.3) is 0 Å². The Morgan fingerprint density at radius 1 is 1.43 bits per heavy atom. The third kappa shape index (κ3) is 5.36. The minimum absolute atomic E-state index is 0.107. The van der Waals surface area contributed by atoms with Gasteiger partial charge in [0.25, 0.3) is 0 Å². The molecule has 21 heavy (non-hydrogen) atoms. The van der Waals surface area contributed by atoms with E-state index in [2.05, 4.69) is 10.6 Å². The summed E-state index contributed by atoms with van der Waals surface area (Å²) in [6.07, 6.45) is 2.12. The van der Waals surface area contributed by atoms with Crippen molar-refractivity contribution in [3.63, 3.8) is 0 Å². The summed E-state index contributed by atoms with van der Waals surface area (Å²) < 4.78 is 5.45. The lowest BCUT2D eigenvalue weighted by Crippen LogP contribution is -2.43. The molecule has 2 rings (SSSR count). The second-order valence-corrected chi connectivity index (χ2v) is 5.55. The van der Waals surface area contributed by atoms with Crippen LogP contribution in [0.15, 0.2) is 30.3 Å². The Morgan fingerprint density at radius 3 is 2.86 bits per heavy atom. The highest BCUT2D eigenvalue weighted by atomic mass is 16.5. The van der Waals surface area contributed by atoms with Gasteiger partial charge >= 0.3 is 6.03 Å². The standard InChI is InChI=1S/C16H24N2O3/c1-12(10-15(19)13-6-3-2-4-7-13)18-16(20)17-11-14-8-5-9-21-14/h2-4,6-7,12,14-15,19H,5,8-11H2,1H3,(H2,17,18,20). The van der Waals surface area contributed by atoms with Crippen molar-refractivity contribution >= 4 is 6.03 Å². The molecule has 5 heteroatoms. The van der Waals surface area contributed by atoms with Crippen LogP contribution < -0.4 is 10.6 Å². The zero-order valence-electron chi connectivity index (χ0n) is 12.4. The number of rotatable bonds is 6. The van der Waals surface area contributed by atoms with Gasteiger partial charge in [-0.3, -0.25) is 0 Å². The molecule has 0 saturated carbocycles. The lowest BCUT2D eigenvalue weighted by atomic mass is 10.0. The molecule has 5 nitrogen and oxygen atoms in total. The molecule has 1 aliphatic heterocycles. The van der Waals surface area contributed by atoms with Crippen molar-refractivity contribution in [2.45, 2.75) is 44.4 Å². The van der Waals surface area contributed by atoms with Crippen LogP contribution in [-0.4, -0.2) is 36.4 Å². The first-order chi connectivity index (χ1) is 10.1. The number of ether oxygens (including phenoxy) is 1. The van der Waals surface area contributed by atoms with E-state index in [-0.39, 0.29) is 18.2 Å². The van der Waals surface area contributed by atoms with Crippen molar-refractivity contribution in [1.29, 1.82) is 0 Å². The van der Waals surface area contributed by atoms with Gasteiger partial charge in [0, 0.05) is 19.2 Å². The fourth-order valence-corrected chi connectivity index (χ4v) is 2.49. The van der Waals surface area contributed by atoms with Gasteiger partial charge < -0.3 is 20.5 Å². The Hall–Kier alpha value is -1.59. The maximum atomic E-state index is 11.8. The summed E-state index contributed by atoms with van der Waals surface area (Å²) in [5.41, 5.74) is 0.867. The van der Waals surface area contributed by atoms with Crippen LogP contribution in [0.5, 0.6) is 0 Å². The number of hydrogen-bond acceptors (Lipinski definition) is 3. The van der Waals surface area contributed by atoms with Crippen molar-refractivity contribution < 1.29 is 14.6 Å². The van der Waals surface area contributed by atoms with Crippen LogP contribution in [0.2, 0.25) is 0 Å². The minimum Gasteiger partial charge on any atom is -0.388 e. The van der Waals surface area contributed by atoms with Crippen LogP contribution in [0, 0.1) is 0 Å². The molecule has 3 atom stereocenters.